The molecule has 9 nitrogen and oxygen atoms in total. The first-order chi connectivity index (χ1) is 17.5. The summed E-state index contributed by atoms with van der Waals surface area (Å²) in [6.07, 6.45) is 0. The Hall–Kier alpha value is -3.25. The van der Waals surface area contributed by atoms with Gasteiger partial charge in [0.25, 0.3) is 5.69 Å². The lowest BCUT2D eigenvalue weighted by Gasteiger charge is -2.18. The normalized spacial score (nSPS) is 12.4. The molecule has 12 heteroatoms. The Morgan fingerprint density at radius 1 is 1.08 bits per heavy atom. The molecule has 3 aromatic carbocycles. The molecule has 1 heterocycles. The summed E-state index contributed by atoms with van der Waals surface area (Å²) in [7, 11) is -4.00. The molecule has 37 heavy (non-hydrogen) atoms. The Morgan fingerprint density at radius 2 is 1.81 bits per heavy atom. The summed E-state index contributed by atoms with van der Waals surface area (Å²) in [4.78, 5) is 10.2. The van der Waals surface area contributed by atoms with Gasteiger partial charge in [-0.1, -0.05) is 59.3 Å². The molecule has 1 aromatic heterocycles. The van der Waals surface area contributed by atoms with E-state index in [0.717, 1.165) is 34.5 Å². The molecule has 0 amide bonds. The molecule has 192 valence electrons. The highest BCUT2D eigenvalue weighted by Crippen LogP contribution is 2.31. The van der Waals surface area contributed by atoms with Crippen LogP contribution >= 0.6 is 23.4 Å². The number of hydrogen-bond acceptors (Lipinski definition) is 7. The van der Waals surface area contributed by atoms with E-state index >= 15 is 0 Å². The van der Waals surface area contributed by atoms with E-state index in [1.807, 2.05) is 42.7 Å². The maximum absolute atomic E-state index is 13.1. The molecule has 1 atom stereocenters. The molecule has 0 aliphatic heterocycles. The number of hydrogen-bond donors (Lipinski definition) is 1. The van der Waals surface area contributed by atoms with Crippen molar-refractivity contribution in [2.45, 2.75) is 42.6 Å². The first kappa shape index (κ1) is 26.8. The maximum Gasteiger partial charge on any atom is 0.269 e. The van der Waals surface area contributed by atoms with Crippen molar-refractivity contribution in [2.75, 3.05) is 0 Å². The van der Waals surface area contributed by atoms with Crippen LogP contribution in [0, 0.1) is 24.0 Å². The second kappa shape index (κ2) is 11.0. The van der Waals surface area contributed by atoms with Crippen molar-refractivity contribution in [1.29, 1.82) is 0 Å². The summed E-state index contributed by atoms with van der Waals surface area (Å²) in [6, 6.07) is 17.5. The Morgan fingerprint density at radius 3 is 2.49 bits per heavy atom. The number of nitro benzene ring substituents is 1. The fraction of sp³-hybridized carbons (Fsp3) is 0.200. The third kappa shape index (κ3) is 6.19. The van der Waals surface area contributed by atoms with E-state index in [-0.39, 0.29) is 10.6 Å². The lowest BCUT2D eigenvalue weighted by Crippen LogP contribution is -2.29. The topological polar surface area (TPSA) is 120 Å². The van der Waals surface area contributed by atoms with Gasteiger partial charge in [0.1, 0.15) is 0 Å². The van der Waals surface area contributed by atoms with Crippen LogP contribution in [0.15, 0.2) is 76.8 Å². The van der Waals surface area contributed by atoms with Crippen molar-refractivity contribution in [3.05, 3.63) is 104 Å². The summed E-state index contributed by atoms with van der Waals surface area (Å²) < 4.78 is 30.5. The van der Waals surface area contributed by atoms with Crippen LogP contribution < -0.4 is 4.72 Å². The fourth-order valence-corrected chi connectivity index (χ4v) is 6.02. The summed E-state index contributed by atoms with van der Waals surface area (Å²) in [6.45, 7) is 5.62. The van der Waals surface area contributed by atoms with Gasteiger partial charge in [-0.05, 0) is 56.2 Å². The van der Waals surface area contributed by atoms with Gasteiger partial charge >= 0.3 is 0 Å². The largest absolute Gasteiger partial charge is 0.272 e. The van der Waals surface area contributed by atoms with E-state index in [4.69, 9.17) is 11.6 Å². The molecule has 0 bridgehead atoms. The molecule has 0 fully saturated rings. The molecule has 0 aliphatic carbocycles. The number of non-ortho nitro benzene ring substituents is 1. The quantitative estimate of drug-likeness (QED) is 0.157. The molecule has 0 saturated carbocycles. The van der Waals surface area contributed by atoms with Gasteiger partial charge in [0, 0.05) is 22.9 Å². The third-order valence-electron chi connectivity index (χ3n) is 5.60. The van der Waals surface area contributed by atoms with E-state index in [1.165, 1.54) is 23.9 Å². The molecule has 0 saturated heterocycles. The van der Waals surface area contributed by atoms with Gasteiger partial charge in [0.15, 0.2) is 11.0 Å². The standard InChI is InChI=1S/C25H24ClN5O4S2/c1-16-5-4-6-19(13-16)15-36-25-28-27-24(30(25)23-14-20(26)8-7-17(23)2)18(3)29-37(34,35)22-11-9-21(10-12-22)31(32)33/h4-14,18,29H,15H2,1-3H3. The van der Waals surface area contributed by atoms with Gasteiger partial charge in [-0.15, -0.1) is 10.2 Å². The molecule has 4 rings (SSSR count). The molecule has 0 radical (unpaired) electrons. The van der Waals surface area contributed by atoms with Gasteiger partial charge in [-0.3, -0.25) is 14.7 Å². The second-order valence-electron chi connectivity index (χ2n) is 8.48. The molecule has 4 aromatic rings. The van der Waals surface area contributed by atoms with Gasteiger partial charge < -0.3 is 0 Å². The summed E-state index contributed by atoms with van der Waals surface area (Å²) >= 11 is 7.79. The van der Waals surface area contributed by atoms with Crippen LogP contribution in [0.2, 0.25) is 5.02 Å². The minimum Gasteiger partial charge on any atom is -0.272 e. The highest BCUT2D eigenvalue weighted by Gasteiger charge is 2.26. The van der Waals surface area contributed by atoms with Crippen LogP contribution in [0.5, 0.6) is 0 Å². The minimum atomic E-state index is -4.00. The van der Waals surface area contributed by atoms with Crippen molar-refractivity contribution in [3.63, 3.8) is 0 Å². The second-order valence-corrected chi connectivity index (χ2v) is 11.6. The highest BCUT2D eigenvalue weighted by molar-refractivity contribution is 7.98. The van der Waals surface area contributed by atoms with E-state index < -0.39 is 21.0 Å². The van der Waals surface area contributed by atoms with Gasteiger partial charge in [0.05, 0.1) is 21.5 Å². The van der Waals surface area contributed by atoms with E-state index in [1.54, 1.807) is 19.1 Å². The summed E-state index contributed by atoms with van der Waals surface area (Å²) in [5, 5.41) is 20.8. The number of halogens is 1. The van der Waals surface area contributed by atoms with Crippen LogP contribution in [0.4, 0.5) is 5.69 Å². The van der Waals surface area contributed by atoms with E-state index in [2.05, 4.69) is 21.0 Å². The Kier molecular flexibility index (Phi) is 7.98. The number of nitrogens with one attached hydrogen (secondary N) is 1. The van der Waals surface area contributed by atoms with Crippen LogP contribution in [0.1, 0.15) is 35.5 Å². The van der Waals surface area contributed by atoms with Crippen LogP contribution in [0.3, 0.4) is 0 Å². The number of thioether (sulfide) groups is 1. The zero-order valence-electron chi connectivity index (χ0n) is 20.3. The van der Waals surface area contributed by atoms with Crippen LogP contribution in [0.25, 0.3) is 5.69 Å². The molecule has 0 aliphatic rings. The van der Waals surface area contributed by atoms with E-state index in [0.29, 0.717) is 21.8 Å². The van der Waals surface area contributed by atoms with Crippen LogP contribution in [-0.2, 0) is 15.8 Å². The van der Waals surface area contributed by atoms with E-state index in [9.17, 15) is 18.5 Å². The number of nitrogens with zero attached hydrogens (tertiary/aromatic N) is 4. The first-order valence-corrected chi connectivity index (χ1v) is 14.1. The van der Waals surface area contributed by atoms with Crippen LogP contribution in [-0.4, -0.2) is 28.1 Å². The third-order valence-corrected chi connectivity index (χ3v) is 8.39. The maximum atomic E-state index is 13.1. The summed E-state index contributed by atoms with van der Waals surface area (Å²) in [5.74, 6) is 1.02. The van der Waals surface area contributed by atoms with Gasteiger partial charge in [0.2, 0.25) is 10.0 Å². The van der Waals surface area contributed by atoms with Crippen molar-refractivity contribution >= 4 is 39.1 Å². The SMILES string of the molecule is Cc1cccc(CSc2nnc(C(C)NS(=O)(=O)c3ccc([N+](=O)[O-])cc3)n2-c2cc(Cl)ccc2C)c1. The highest BCUT2D eigenvalue weighted by atomic mass is 35.5. The monoisotopic (exact) mass is 557 g/mol. The zero-order chi connectivity index (χ0) is 26.7. The number of sulfonamides is 1. The molecule has 1 N–H and O–H groups in total. The molecule has 1 unspecified atom stereocenters. The molecule has 0 spiro atoms. The molecular weight excluding hydrogens is 534 g/mol. The lowest BCUT2D eigenvalue weighted by atomic mass is 10.2. The minimum absolute atomic E-state index is 0.0935. The van der Waals surface area contributed by atoms with Crippen molar-refractivity contribution in [3.8, 4) is 5.69 Å². The molecular formula is C25H24ClN5O4S2. The number of rotatable bonds is 9. The Labute approximate surface area is 224 Å². The number of nitro groups is 1. The zero-order valence-corrected chi connectivity index (χ0v) is 22.6. The Bertz CT molecular complexity index is 1560. The average Bonchev–Trinajstić information content (AvgIpc) is 3.28. The predicted molar refractivity (Wildman–Crippen MR) is 144 cm³/mol. The van der Waals surface area contributed by atoms with Gasteiger partial charge in [-0.25, -0.2) is 13.1 Å². The number of benzene rings is 3. The lowest BCUT2D eigenvalue weighted by molar-refractivity contribution is -0.384. The van der Waals surface area contributed by atoms with Gasteiger partial charge in [-0.2, -0.15) is 0 Å². The van der Waals surface area contributed by atoms with Crippen molar-refractivity contribution in [1.82, 2.24) is 19.5 Å². The predicted octanol–water partition coefficient (Wildman–Crippen LogP) is 5.78. The van der Waals surface area contributed by atoms with Crippen molar-refractivity contribution < 1.29 is 13.3 Å². The van der Waals surface area contributed by atoms with Crippen molar-refractivity contribution in [2.24, 2.45) is 0 Å². The number of aromatic nitrogens is 3. The Balaban J connectivity index is 1.68. The number of aryl methyl sites for hydroxylation is 2. The average molecular weight is 558 g/mol. The smallest absolute Gasteiger partial charge is 0.269 e. The first-order valence-electron chi connectivity index (χ1n) is 11.2. The summed E-state index contributed by atoms with van der Waals surface area (Å²) in [5.41, 5.74) is 3.73. The fourth-order valence-electron chi connectivity index (χ4n) is 3.76.